The Morgan fingerprint density at radius 1 is 1.60 bits per heavy atom. The van der Waals surface area contributed by atoms with Gasteiger partial charge in [-0.3, -0.25) is 4.68 Å². The summed E-state index contributed by atoms with van der Waals surface area (Å²) in [5, 5.41) is 18.1. The fourth-order valence-corrected chi connectivity index (χ4v) is 1.46. The summed E-state index contributed by atoms with van der Waals surface area (Å²) in [7, 11) is 3.39. The van der Waals surface area contributed by atoms with Crippen LogP contribution in [0.4, 0.5) is 0 Å². The molecule has 0 radical (unpaired) electrons. The van der Waals surface area contributed by atoms with Crippen LogP contribution in [0.2, 0.25) is 0 Å². The minimum absolute atomic E-state index is 0.111. The van der Waals surface area contributed by atoms with Crippen molar-refractivity contribution in [1.82, 2.24) is 15.0 Å². The van der Waals surface area contributed by atoms with Crippen LogP contribution in [0.15, 0.2) is 6.20 Å². The lowest BCUT2D eigenvalue weighted by Crippen LogP contribution is -2.42. The minimum atomic E-state index is -0.870. The zero-order valence-electron chi connectivity index (χ0n) is 9.77. The molecule has 0 spiro atoms. The van der Waals surface area contributed by atoms with Gasteiger partial charge in [0.15, 0.2) is 0 Å². The molecule has 5 nitrogen and oxygen atoms in total. The molecule has 5 heteroatoms. The molecular formula is C10H19N3O2. The third-order valence-electron chi connectivity index (χ3n) is 2.61. The first kappa shape index (κ1) is 12.1. The van der Waals surface area contributed by atoms with Crippen LogP contribution in [0.1, 0.15) is 19.5 Å². The van der Waals surface area contributed by atoms with E-state index in [9.17, 15) is 5.11 Å². The fourth-order valence-electron chi connectivity index (χ4n) is 1.46. The molecule has 0 aromatic carbocycles. The average molecular weight is 213 g/mol. The molecule has 1 aromatic rings. The van der Waals surface area contributed by atoms with Crippen LogP contribution >= 0.6 is 0 Å². The molecule has 1 rings (SSSR count). The van der Waals surface area contributed by atoms with E-state index >= 15 is 0 Å². The van der Waals surface area contributed by atoms with E-state index in [-0.39, 0.29) is 5.92 Å². The zero-order chi connectivity index (χ0) is 11.5. The molecule has 0 aliphatic heterocycles. The highest BCUT2D eigenvalue weighted by molar-refractivity contribution is 5.00. The Labute approximate surface area is 90.1 Å². The molecule has 1 atom stereocenters. The Morgan fingerprint density at radius 3 is 2.67 bits per heavy atom. The second-order valence-electron chi connectivity index (χ2n) is 4.25. The Kier molecular flexibility index (Phi) is 3.82. The summed E-state index contributed by atoms with van der Waals surface area (Å²) in [6.07, 6.45) is 2.27. The molecular weight excluding hydrogens is 194 g/mol. The Hall–Kier alpha value is -0.940. The largest absolute Gasteiger partial charge is 0.387 e. The molecule has 15 heavy (non-hydrogen) atoms. The van der Waals surface area contributed by atoms with Gasteiger partial charge in [-0.05, 0) is 5.92 Å². The summed E-state index contributed by atoms with van der Waals surface area (Å²) in [5.41, 5.74) is -0.0872. The van der Waals surface area contributed by atoms with Gasteiger partial charge in [-0.2, -0.15) is 0 Å². The van der Waals surface area contributed by atoms with Gasteiger partial charge in [0.2, 0.25) is 0 Å². The van der Waals surface area contributed by atoms with Crippen molar-refractivity contribution in [2.75, 3.05) is 13.7 Å². The van der Waals surface area contributed by atoms with E-state index in [1.54, 1.807) is 18.8 Å². The van der Waals surface area contributed by atoms with Gasteiger partial charge in [0, 0.05) is 26.8 Å². The first-order chi connectivity index (χ1) is 6.98. The van der Waals surface area contributed by atoms with Crippen LogP contribution in [0.3, 0.4) is 0 Å². The highest BCUT2D eigenvalue weighted by Crippen LogP contribution is 2.21. The molecule has 0 aliphatic carbocycles. The number of ether oxygens (including phenoxy) is 1. The third-order valence-corrected chi connectivity index (χ3v) is 2.61. The molecule has 0 saturated carbocycles. The number of aromatic nitrogens is 3. The number of aliphatic hydroxyl groups is 1. The summed E-state index contributed by atoms with van der Waals surface area (Å²) in [5.74, 6) is 0.111. The molecule has 1 N–H and O–H groups in total. The van der Waals surface area contributed by atoms with Crippen LogP contribution in [-0.2, 0) is 18.2 Å². The maximum atomic E-state index is 10.3. The van der Waals surface area contributed by atoms with E-state index in [1.807, 2.05) is 20.0 Å². The average Bonchev–Trinajstić information content (AvgIpc) is 2.51. The summed E-state index contributed by atoms with van der Waals surface area (Å²) in [6, 6.07) is 0. The van der Waals surface area contributed by atoms with Gasteiger partial charge in [-0.25, -0.2) is 0 Å². The number of hydrogen-bond acceptors (Lipinski definition) is 4. The van der Waals surface area contributed by atoms with E-state index < -0.39 is 5.60 Å². The van der Waals surface area contributed by atoms with Gasteiger partial charge >= 0.3 is 0 Å². The van der Waals surface area contributed by atoms with Gasteiger partial charge < -0.3 is 9.84 Å². The normalized spacial score (nSPS) is 15.6. The van der Waals surface area contributed by atoms with E-state index in [2.05, 4.69) is 10.3 Å². The van der Waals surface area contributed by atoms with E-state index in [0.717, 1.165) is 5.69 Å². The van der Waals surface area contributed by atoms with Crippen molar-refractivity contribution in [3.8, 4) is 0 Å². The summed E-state index contributed by atoms with van der Waals surface area (Å²) < 4.78 is 6.67. The maximum Gasteiger partial charge on any atom is 0.0959 e. The van der Waals surface area contributed by atoms with Gasteiger partial charge in [0.1, 0.15) is 0 Å². The molecule has 0 amide bonds. The van der Waals surface area contributed by atoms with Crippen molar-refractivity contribution in [2.45, 2.75) is 25.9 Å². The lowest BCUT2D eigenvalue weighted by atomic mass is 9.87. The van der Waals surface area contributed by atoms with Gasteiger partial charge in [-0.15, -0.1) is 5.10 Å². The van der Waals surface area contributed by atoms with Crippen molar-refractivity contribution in [3.05, 3.63) is 11.9 Å². The van der Waals surface area contributed by atoms with Crippen molar-refractivity contribution in [2.24, 2.45) is 13.0 Å². The molecule has 1 aromatic heterocycles. The lowest BCUT2D eigenvalue weighted by Gasteiger charge is -2.30. The lowest BCUT2D eigenvalue weighted by molar-refractivity contribution is -0.0643. The zero-order valence-corrected chi connectivity index (χ0v) is 9.77. The molecule has 0 saturated heterocycles. The summed E-state index contributed by atoms with van der Waals surface area (Å²) in [6.45, 7) is 4.24. The standard InChI is InChI=1S/C10H19N3O2/c1-8(2)10(14,7-15-4)5-9-6-13(3)12-11-9/h6,8,14H,5,7H2,1-4H3. The second kappa shape index (κ2) is 4.72. The smallest absolute Gasteiger partial charge is 0.0959 e. The first-order valence-corrected chi connectivity index (χ1v) is 5.04. The molecule has 0 fully saturated rings. The Bertz CT molecular complexity index is 311. The van der Waals surface area contributed by atoms with E-state index in [4.69, 9.17) is 4.74 Å². The predicted molar refractivity (Wildman–Crippen MR) is 56.4 cm³/mol. The molecule has 86 valence electrons. The molecule has 1 unspecified atom stereocenters. The maximum absolute atomic E-state index is 10.3. The van der Waals surface area contributed by atoms with Crippen LogP contribution in [0.25, 0.3) is 0 Å². The topological polar surface area (TPSA) is 60.2 Å². The number of nitrogens with zero attached hydrogens (tertiary/aromatic N) is 3. The molecule has 0 aliphatic rings. The second-order valence-corrected chi connectivity index (χ2v) is 4.25. The number of aryl methyl sites for hydroxylation is 1. The molecule has 0 bridgehead atoms. The van der Waals surface area contributed by atoms with E-state index in [0.29, 0.717) is 13.0 Å². The van der Waals surface area contributed by atoms with Crippen LogP contribution in [0.5, 0.6) is 0 Å². The summed E-state index contributed by atoms with van der Waals surface area (Å²) >= 11 is 0. The quantitative estimate of drug-likeness (QED) is 0.768. The van der Waals surface area contributed by atoms with Crippen molar-refractivity contribution >= 4 is 0 Å². The monoisotopic (exact) mass is 213 g/mol. The van der Waals surface area contributed by atoms with Gasteiger partial charge in [0.25, 0.3) is 0 Å². The minimum Gasteiger partial charge on any atom is -0.387 e. The van der Waals surface area contributed by atoms with Crippen LogP contribution < -0.4 is 0 Å². The highest BCUT2D eigenvalue weighted by atomic mass is 16.5. The Balaban J connectivity index is 2.74. The number of hydrogen-bond donors (Lipinski definition) is 1. The third kappa shape index (κ3) is 3.00. The SMILES string of the molecule is COCC(O)(Cc1cn(C)nn1)C(C)C. The highest BCUT2D eigenvalue weighted by Gasteiger charge is 2.32. The van der Waals surface area contributed by atoms with Gasteiger partial charge in [-0.1, -0.05) is 19.1 Å². The predicted octanol–water partition coefficient (Wildman–Crippen LogP) is 0.391. The van der Waals surface area contributed by atoms with Crippen molar-refractivity contribution in [1.29, 1.82) is 0 Å². The van der Waals surface area contributed by atoms with Crippen molar-refractivity contribution < 1.29 is 9.84 Å². The van der Waals surface area contributed by atoms with Crippen LogP contribution in [-0.4, -0.2) is 39.4 Å². The number of rotatable bonds is 5. The summed E-state index contributed by atoms with van der Waals surface area (Å²) in [4.78, 5) is 0. The first-order valence-electron chi connectivity index (χ1n) is 5.04. The number of methoxy groups -OCH3 is 1. The molecule has 1 heterocycles. The van der Waals surface area contributed by atoms with Crippen LogP contribution in [0, 0.1) is 5.92 Å². The van der Waals surface area contributed by atoms with Gasteiger partial charge in [0.05, 0.1) is 17.9 Å². The van der Waals surface area contributed by atoms with Crippen molar-refractivity contribution in [3.63, 3.8) is 0 Å². The Morgan fingerprint density at radius 2 is 2.27 bits per heavy atom. The fraction of sp³-hybridized carbons (Fsp3) is 0.800. The van der Waals surface area contributed by atoms with E-state index in [1.165, 1.54) is 0 Å².